The second-order valence-electron chi connectivity index (χ2n) is 30.0. The molecule has 0 saturated carbocycles. The number of Topliss-reactive ketones (excluding diaryl/α,β-unsaturated/α-hetero) is 1. The van der Waals surface area contributed by atoms with Crippen LogP contribution in [0.15, 0.2) is 98.2 Å². The highest BCUT2D eigenvalue weighted by Crippen LogP contribution is 2.55. The number of anilines is 5. The van der Waals surface area contributed by atoms with Gasteiger partial charge in [0.25, 0.3) is 11.8 Å². The number of hydrogen-bond donors (Lipinski definition) is 10. The van der Waals surface area contributed by atoms with Gasteiger partial charge in [0.2, 0.25) is 5.91 Å². The number of aliphatic hydroxyl groups excluding tert-OH is 2. The first-order chi connectivity index (χ1) is 44.0. The van der Waals surface area contributed by atoms with Crippen molar-refractivity contribution < 1.29 is 56.3 Å². The monoisotopic (exact) mass is 1440 g/mol. The van der Waals surface area contributed by atoms with E-state index < -0.39 is 71.8 Å². The molecule has 6 aliphatic rings. The Morgan fingerprint density at radius 3 is 1.71 bits per heavy atom. The molecule has 0 spiro atoms. The topological polar surface area (TPSA) is 343 Å². The molecule has 96 heavy (non-hydrogen) atoms. The van der Waals surface area contributed by atoms with Crippen molar-refractivity contribution in [2.24, 2.45) is 42.3 Å². The van der Waals surface area contributed by atoms with Gasteiger partial charge in [0.1, 0.15) is 33.5 Å². The minimum Gasteiger partial charge on any atom is -0.509 e. The van der Waals surface area contributed by atoms with Crippen molar-refractivity contribution in [1.29, 1.82) is 0 Å². The van der Waals surface area contributed by atoms with Gasteiger partial charge in [0, 0.05) is 46.0 Å². The van der Waals surface area contributed by atoms with E-state index in [1.807, 2.05) is 66.7 Å². The molecule has 0 aromatic heterocycles. The van der Waals surface area contributed by atoms with Crippen molar-refractivity contribution in [3.63, 3.8) is 0 Å². The number of carbonyl (C=O) groups is 4. The molecule has 3 amide bonds. The normalized spacial score (nSPS) is 24.9. The maximum absolute atomic E-state index is 13.9. The fraction of sp³-hybridized carbons (Fsp3) is 0.515. The Hall–Kier alpha value is -6.40. The molecule has 7 unspecified atom stereocenters. The number of hydrogen-bond acceptors (Lipinski definition) is 18. The summed E-state index contributed by atoms with van der Waals surface area (Å²) in [6, 6.07) is 13.2. The van der Waals surface area contributed by atoms with Crippen LogP contribution >= 0.6 is 33.7 Å². The summed E-state index contributed by atoms with van der Waals surface area (Å²) >= 11 is 12.0. The van der Waals surface area contributed by atoms with Crippen LogP contribution in [0, 0.1) is 27.1 Å². The summed E-state index contributed by atoms with van der Waals surface area (Å²) in [6.45, 7) is 37.7. The van der Waals surface area contributed by atoms with E-state index in [0.29, 0.717) is 64.1 Å². The van der Waals surface area contributed by atoms with Gasteiger partial charge in [-0.1, -0.05) is 116 Å². The summed E-state index contributed by atoms with van der Waals surface area (Å²) in [6.07, 6.45) is 0.367. The van der Waals surface area contributed by atoms with Crippen molar-refractivity contribution in [2.75, 3.05) is 65.6 Å². The van der Waals surface area contributed by atoms with Gasteiger partial charge in [-0.25, -0.2) is 4.21 Å². The number of rotatable bonds is 15. The van der Waals surface area contributed by atoms with Crippen LogP contribution in [-0.4, -0.2) is 128 Å². The second-order valence-corrected chi connectivity index (χ2v) is 40.2. The molecule has 6 aliphatic heterocycles. The fourth-order valence-electron chi connectivity index (χ4n) is 11.6. The number of amides is 3. The van der Waals surface area contributed by atoms with E-state index in [4.69, 9.17) is 49.1 Å². The number of thiocarbonyl (C=S) groups is 1. The number of primary amides is 1. The van der Waals surface area contributed by atoms with Crippen molar-refractivity contribution in [1.82, 2.24) is 20.2 Å². The number of nitrogen functional groups attached to an aromatic ring is 1. The Balaban J connectivity index is 0.000000206. The Kier molecular flexibility index (Phi) is 22.5. The van der Waals surface area contributed by atoms with Crippen LogP contribution in [0.5, 0.6) is 0 Å². The Bertz CT molecular complexity index is 4090. The molecular weight excluding hydrogens is 1340 g/mol. The van der Waals surface area contributed by atoms with Gasteiger partial charge in [0.15, 0.2) is 23.9 Å². The molecule has 30 heteroatoms. The Morgan fingerprint density at radius 2 is 1.20 bits per heavy atom. The molecule has 24 nitrogen and oxygen atoms in total. The number of nitrogens with two attached hydrogens (primary N) is 2. The summed E-state index contributed by atoms with van der Waals surface area (Å²) in [4.78, 5) is 56.0. The van der Waals surface area contributed by atoms with Gasteiger partial charge in [-0.3, -0.25) is 28.3 Å². The smallest absolute Gasteiger partial charge is 0.348 e. The largest absolute Gasteiger partial charge is 0.509 e. The number of fused-ring (bicyclic) bond motifs is 3. The number of benzene rings is 3. The highest BCUT2D eigenvalue weighted by Gasteiger charge is 2.51. The van der Waals surface area contributed by atoms with Gasteiger partial charge < -0.3 is 76.1 Å². The summed E-state index contributed by atoms with van der Waals surface area (Å²) in [5, 5.41) is 38.7. The number of nitrogens with zero attached hydrogens (tertiary/aromatic N) is 4. The summed E-state index contributed by atoms with van der Waals surface area (Å²) in [7, 11) is -9.88. The third kappa shape index (κ3) is 17.0. The molecule has 0 bridgehead atoms. The molecule has 0 aliphatic carbocycles. The minimum absolute atomic E-state index is 0.0148. The number of nitrogens with one attached hydrogen (secondary N) is 6. The predicted molar refractivity (Wildman–Crippen MR) is 398 cm³/mol. The molecule has 1 saturated heterocycles. The number of ketones is 1. The van der Waals surface area contributed by atoms with Gasteiger partial charge >= 0.3 is 15.0 Å². The van der Waals surface area contributed by atoms with Crippen LogP contribution in [0.3, 0.4) is 0 Å². The first-order valence-corrected chi connectivity index (χ1v) is 40.1. The van der Waals surface area contributed by atoms with Crippen LogP contribution in [0.1, 0.15) is 148 Å². The lowest BCUT2D eigenvalue weighted by molar-refractivity contribution is -0.128. The fourth-order valence-corrected chi connectivity index (χ4v) is 19.1. The highest BCUT2D eigenvalue weighted by molar-refractivity contribution is 8.15. The van der Waals surface area contributed by atoms with Gasteiger partial charge in [0.05, 0.1) is 76.5 Å². The van der Waals surface area contributed by atoms with Gasteiger partial charge in [-0.05, 0) is 133 Å². The van der Waals surface area contributed by atoms with E-state index >= 15 is 0 Å². The summed E-state index contributed by atoms with van der Waals surface area (Å²) in [5.41, 5.74) is 13.3. The summed E-state index contributed by atoms with van der Waals surface area (Å²) < 4.78 is 67.8. The molecule has 7 atom stereocenters. The predicted octanol–water partition coefficient (Wildman–Crippen LogP) is 10.9. The molecule has 526 valence electrons. The van der Waals surface area contributed by atoms with Crippen LogP contribution in [0.4, 0.5) is 28.4 Å². The van der Waals surface area contributed by atoms with Crippen molar-refractivity contribution in [2.45, 2.75) is 156 Å². The maximum Gasteiger partial charge on any atom is 0.348 e. The van der Waals surface area contributed by atoms with Gasteiger partial charge in [-0.15, -0.1) is 0 Å². The van der Waals surface area contributed by atoms with Crippen LogP contribution in [0.2, 0.25) is 0 Å². The van der Waals surface area contributed by atoms with E-state index in [9.17, 15) is 42.7 Å². The second kappa shape index (κ2) is 28.1. The van der Waals surface area contributed by atoms with E-state index in [-0.39, 0.29) is 86.5 Å². The lowest BCUT2D eigenvalue weighted by Gasteiger charge is -2.36. The highest BCUT2D eigenvalue weighted by atomic mass is 32.4. The van der Waals surface area contributed by atoms with Crippen LogP contribution < -0.4 is 58.5 Å². The average molecular weight is 1440 g/mol. The van der Waals surface area contributed by atoms with Crippen molar-refractivity contribution in [3.8, 4) is 0 Å². The zero-order valence-corrected chi connectivity index (χ0v) is 63.7. The van der Waals surface area contributed by atoms with E-state index in [0.717, 1.165) is 23.8 Å². The Morgan fingerprint density at radius 1 is 0.677 bits per heavy atom. The van der Waals surface area contributed by atoms with E-state index in [1.54, 1.807) is 36.9 Å². The average Bonchev–Trinajstić information content (AvgIpc) is 1.48. The molecule has 1 fully saturated rings. The van der Waals surface area contributed by atoms with Crippen molar-refractivity contribution >= 4 is 146 Å². The zero-order valence-electron chi connectivity index (χ0n) is 58.6. The third-order valence-corrected chi connectivity index (χ3v) is 24.6. The SMILES string of the molecule is C=S(C)(=O)Nc1ccc2c(c1)P(=S)(OCC)NC(=C1C(=O)C(C(C)(C)C)N(CCC(C)(C)C)C1=S)N2.CCOP1(=O)N=C(C2=C(O)C(C(C)(C)C)N(CCC(C)(C)C)C2=O)Nc2cc(C(N)=O)ccc21.CCOP1(=O)N=C(C2=C(O)C(C(C)(C)C)NC2=O)Nc2ccc(N)cc21. The molecule has 3 aromatic carbocycles. The summed E-state index contributed by atoms with van der Waals surface area (Å²) in [5.74, 6) is 2.36. The molecular formula is C66H97N12O12P3S3. The van der Waals surface area contributed by atoms with Crippen LogP contribution in [0.25, 0.3) is 0 Å². The van der Waals surface area contributed by atoms with Crippen molar-refractivity contribution in [3.05, 3.63) is 94.2 Å². The lowest BCUT2D eigenvalue weighted by Crippen LogP contribution is -2.45. The Labute approximate surface area is 576 Å². The van der Waals surface area contributed by atoms with Crippen LogP contribution in [-0.2, 0) is 58.6 Å². The quantitative estimate of drug-likeness (QED) is 0.0292. The molecule has 3 aromatic rings. The lowest BCUT2D eigenvalue weighted by atomic mass is 9.83. The molecule has 9 rings (SSSR count). The van der Waals surface area contributed by atoms with Gasteiger partial charge in [-0.2, -0.15) is 9.53 Å². The minimum atomic E-state index is -3.78. The molecule has 12 N–H and O–H groups in total. The number of carbonyl (C=O) groups excluding carboxylic acids is 4. The third-order valence-electron chi connectivity index (χ3n) is 16.0. The maximum atomic E-state index is 13.9. The molecule has 0 radical (unpaired) electrons. The molecule has 6 heterocycles. The number of amidine groups is 2. The number of likely N-dealkylation sites (tertiary alicyclic amines) is 1. The van der Waals surface area contributed by atoms with E-state index in [2.05, 4.69) is 114 Å². The first-order valence-electron chi connectivity index (χ1n) is 31.7. The van der Waals surface area contributed by atoms with E-state index in [1.165, 1.54) is 24.5 Å². The first kappa shape index (κ1) is 77.0. The zero-order chi connectivity index (χ0) is 72.2. The standard InChI is InChI=1S/C25H39N4O3PS3.C24H35N4O5P.C17H23N4O4P/c1-10-32-33(35)18-15-16(28-36(8,9)31)11-12-17(18)26-22(27-33)19-20(30)21(25(5,6)7)29(23(19)34)14-13-24(2,3)4;1-8-33-34(32)16-10-9-14(20(25)30)13-15(16)26-21(27-34)17-18(29)19(24(5,6)7)28(22(17)31)12-11-23(2,3)4;1-5-25-26(24)11-8-9(18)6-7-10(11)19-15(21-26)12-13(22)14(17(2,3)4)20-16(12)23/h11-12,15,21,26H,8,10,13-14H2,1-7,9H3,(H,27,35)(H,28,31);9-10,13,19,29H,8,11-12H2,1-7H3,(H2,25,30)(H,26,27,32);6-8,14,22H,5,18H2,1-4H3,(H,20,23)(H,19,21,24). The number of aliphatic hydroxyl groups is 2.